The first-order valence-corrected chi connectivity index (χ1v) is 11.7. The van der Waals surface area contributed by atoms with Crippen LogP contribution in [0.15, 0.2) is 42.6 Å². The SMILES string of the molecule is CCC(C)N(CC(=O)N(Cc1cccn1C)CC(C)C)C(=O)c1ccc(C(C)(C)C)cc1. The lowest BCUT2D eigenvalue weighted by Crippen LogP contribution is -2.47. The standard InChI is InChI=1S/C27H41N3O2/c1-9-21(4)30(26(32)22-12-14-23(15-13-22)27(5,6)7)19-25(31)29(17-20(2)3)18-24-11-10-16-28(24)8/h10-16,20-21H,9,17-19H2,1-8H3. The van der Waals surface area contributed by atoms with E-state index in [0.29, 0.717) is 24.6 Å². The smallest absolute Gasteiger partial charge is 0.254 e. The maximum atomic E-state index is 13.4. The summed E-state index contributed by atoms with van der Waals surface area (Å²) in [5.74, 6) is 0.244. The average molecular weight is 440 g/mol. The van der Waals surface area contributed by atoms with E-state index in [1.807, 2.05) is 73.0 Å². The number of carbonyl (C=O) groups excluding carboxylic acids is 2. The normalized spacial score (nSPS) is 12.7. The largest absolute Gasteiger partial charge is 0.353 e. The molecule has 1 aromatic heterocycles. The lowest BCUT2D eigenvalue weighted by Gasteiger charge is -2.32. The Morgan fingerprint density at radius 2 is 1.66 bits per heavy atom. The molecule has 5 heteroatoms. The molecule has 2 aromatic rings. The van der Waals surface area contributed by atoms with Gasteiger partial charge in [0, 0.05) is 37.1 Å². The molecule has 1 aromatic carbocycles. The quantitative estimate of drug-likeness (QED) is 0.536. The molecule has 0 spiro atoms. The van der Waals surface area contributed by atoms with Crippen LogP contribution in [0, 0.1) is 5.92 Å². The molecule has 2 amide bonds. The zero-order chi connectivity index (χ0) is 24.1. The van der Waals surface area contributed by atoms with Crippen molar-refractivity contribution in [1.82, 2.24) is 14.4 Å². The molecule has 2 rings (SSSR count). The maximum Gasteiger partial charge on any atom is 0.254 e. The molecule has 1 heterocycles. The highest BCUT2D eigenvalue weighted by atomic mass is 16.2. The van der Waals surface area contributed by atoms with Crippen LogP contribution < -0.4 is 0 Å². The minimum Gasteiger partial charge on any atom is -0.353 e. The molecule has 176 valence electrons. The van der Waals surface area contributed by atoms with Crippen molar-refractivity contribution in [1.29, 1.82) is 0 Å². The second kappa shape index (κ2) is 10.8. The van der Waals surface area contributed by atoms with Gasteiger partial charge in [-0.05, 0) is 54.5 Å². The predicted octanol–water partition coefficient (Wildman–Crippen LogP) is 5.25. The van der Waals surface area contributed by atoms with Gasteiger partial charge < -0.3 is 14.4 Å². The topological polar surface area (TPSA) is 45.6 Å². The summed E-state index contributed by atoms with van der Waals surface area (Å²) >= 11 is 0. The first-order chi connectivity index (χ1) is 14.9. The van der Waals surface area contributed by atoms with E-state index < -0.39 is 0 Å². The first kappa shape index (κ1) is 25.7. The van der Waals surface area contributed by atoms with Gasteiger partial charge in [0.1, 0.15) is 6.54 Å². The van der Waals surface area contributed by atoms with Crippen molar-refractivity contribution in [2.75, 3.05) is 13.1 Å². The molecule has 0 aliphatic heterocycles. The molecule has 0 N–H and O–H groups in total. The number of hydrogen-bond acceptors (Lipinski definition) is 2. The van der Waals surface area contributed by atoms with Gasteiger partial charge in [0.25, 0.3) is 5.91 Å². The van der Waals surface area contributed by atoms with E-state index in [1.54, 1.807) is 4.90 Å². The molecule has 32 heavy (non-hydrogen) atoms. The van der Waals surface area contributed by atoms with Gasteiger partial charge in [0.2, 0.25) is 5.91 Å². The van der Waals surface area contributed by atoms with Crippen LogP contribution in [0.4, 0.5) is 0 Å². The number of amides is 2. The Labute approximate surface area is 194 Å². The van der Waals surface area contributed by atoms with Crippen molar-refractivity contribution in [3.8, 4) is 0 Å². The van der Waals surface area contributed by atoms with Crippen LogP contribution >= 0.6 is 0 Å². The Kier molecular flexibility index (Phi) is 8.71. The number of rotatable bonds is 9. The van der Waals surface area contributed by atoms with Gasteiger partial charge in [0.15, 0.2) is 0 Å². The lowest BCUT2D eigenvalue weighted by atomic mass is 9.86. The van der Waals surface area contributed by atoms with Gasteiger partial charge in [-0.1, -0.05) is 53.7 Å². The third-order valence-electron chi connectivity index (χ3n) is 6.03. The molecule has 0 saturated carbocycles. The number of aryl methyl sites for hydroxylation is 1. The van der Waals surface area contributed by atoms with Crippen LogP contribution in [0.2, 0.25) is 0 Å². The minimum atomic E-state index is -0.0866. The molecule has 1 unspecified atom stereocenters. The molecule has 5 nitrogen and oxygen atoms in total. The fourth-order valence-electron chi connectivity index (χ4n) is 3.72. The lowest BCUT2D eigenvalue weighted by molar-refractivity contribution is -0.133. The van der Waals surface area contributed by atoms with Crippen molar-refractivity contribution in [3.05, 3.63) is 59.4 Å². The van der Waals surface area contributed by atoms with Gasteiger partial charge in [-0.3, -0.25) is 9.59 Å². The van der Waals surface area contributed by atoms with Crippen LogP contribution in [-0.2, 0) is 23.8 Å². The van der Waals surface area contributed by atoms with Crippen LogP contribution in [-0.4, -0.2) is 45.3 Å². The molecule has 0 bridgehead atoms. The van der Waals surface area contributed by atoms with Gasteiger partial charge in [0.05, 0.1) is 6.54 Å². The summed E-state index contributed by atoms with van der Waals surface area (Å²) in [5, 5.41) is 0. The number of carbonyl (C=O) groups is 2. The third-order valence-corrected chi connectivity index (χ3v) is 6.03. The number of benzene rings is 1. The zero-order valence-electron chi connectivity index (χ0n) is 21.2. The van der Waals surface area contributed by atoms with Crippen molar-refractivity contribution >= 4 is 11.8 Å². The Bertz CT molecular complexity index is 890. The number of aromatic nitrogens is 1. The summed E-state index contributed by atoms with van der Waals surface area (Å²) in [6.07, 6.45) is 2.78. The summed E-state index contributed by atoms with van der Waals surface area (Å²) in [6.45, 7) is 16.0. The maximum absolute atomic E-state index is 13.4. The van der Waals surface area contributed by atoms with E-state index in [-0.39, 0.29) is 29.8 Å². The zero-order valence-corrected chi connectivity index (χ0v) is 21.2. The summed E-state index contributed by atoms with van der Waals surface area (Å²) < 4.78 is 2.04. The van der Waals surface area contributed by atoms with E-state index >= 15 is 0 Å². The van der Waals surface area contributed by atoms with E-state index in [4.69, 9.17) is 0 Å². The van der Waals surface area contributed by atoms with Crippen LogP contribution in [0.25, 0.3) is 0 Å². The molecular formula is C27H41N3O2. The summed E-state index contributed by atoms with van der Waals surface area (Å²) in [7, 11) is 1.99. The van der Waals surface area contributed by atoms with Gasteiger partial charge in [-0.15, -0.1) is 0 Å². The molecule has 1 atom stereocenters. The van der Waals surface area contributed by atoms with E-state index in [0.717, 1.165) is 12.1 Å². The fourth-order valence-corrected chi connectivity index (χ4v) is 3.72. The monoisotopic (exact) mass is 439 g/mol. The minimum absolute atomic E-state index is 0.0140. The highest BCUT2D eigenvalue weighted by Crippen LogP contribution is 2.23. The van der Waals surface area contributed by atoms with Crippen LogP contribution in [0.1, 0.15) is 76.5 Å². The number of hydrogen-bond donors (Lipinski definition) is 0. The van der Waals surface area contributed by atoms with Crippen LogP contribution in [0.5, 0.6) is 0 Å². The third kappa shape index (κ3) is 6.72. The second-order valence-electron chi connectivity index (χ2n) is 10.3. The van der Waals surface area contributed by atoms with Gasteiger partial charge in [-0.25, -0.2) is 0 Å². The molecule has 0 aliphatic carbocycles. The highest BCUT2D eigenvalue weighted by Gasteiger charge is 2.27. The average Bonchev–Trinajstić information content (AvgIpc) is 3.13. The van der Waals surface area contributed by atoms with Crippen molar-refractivity contribution < 1.29 is 9.59 Å². The van der Waals surface area contributed by atoms with Crippen molar-refractivity contribution in [2.24, 2.45) is 13.0 Å². The van der Waals surface area contributed by atoms with Gasteiger partial charge in [-0.2, -0.15) is 0 Å². The highest BCUT2D eigenvalue weighted by molar-refractivity contribution is 5.96. The van der Waals surface area contributed by atoms with E-state index in [1.165, 1.54) is 5.56 Å². The number of nitrogens with zero attached hydrogens (tertiary/aromatic N) is 3. The Balaban J connectivity index is 2.24. The first-order valence-electron chi connectivity index (χ1n) is 11.7. The summed E-state index contributed by atoms with van der Waals surface area (Å²) in [4.78, 5) is 30.4. The summed E-state index contributed by atoms with van der Waals surface area (Å²) in [6, 6.07) is 11.8. The summed E-state index contributed by atoms with van der Waals surface area (Å²) in [5.41, 5.74) is 2.93. The van der Waals surface area contributed by atoms with Crippen LogP contribution in [0.3, 0.4) is 0 Å². The predicted molar refractivity (Wildman–Crippen MR) is 132 cm³/mol. The van der Waals surface area contributed by atoms with Crippen molar-refractivity contribution in [2.45, 2.75) is 72.9 Å². The Morgan fingerprint density at radius 3 is 2.12 bits per heavy atom. The molecule has 0 aliphatic rings. The molecule has 0 saturated heterocycles. The van der Waals surface area contributed by atoms with E-state index in [2.05, 4.69) is 34.6 Å². The second-order valence-corrected chi connectivity index (χ2v) is 10.3. The van der Waals surface area contributed by atoms with Gasteiger partial charge >= 0.3 is 0 Å². The molecule has 0 radical (unpaired) electrons. The molecular weight excluding hydrogens is 398 g/mol. The molecule has 0 fully saturated rings. The Hall–Kier alpha value is -2.56. The van der Waals surface area contributed by atoms with Crippen molar-refractivity contribution in [3.63, 3.8) is 0 Å². The fraction of sp³-hybridized carbons (Fsp3) is 0.556. The Morgan fingerprint density at radius 1 is 1.03 bits per heavy atom. The van der Waals surface area contributed by atoms with E-state index in [9.17, 15) is 9.59 Å².